The number of likely N-dealkylation sites (tertiary alicyclic amines) is 1. The number of carbonyl (C=O) groups is 3. The van der Waals surface area contributed by atoms with Crippen LogP contribution >= 0.6 is 0 Å². The fourth-order valence-corrected chi connectivity index (χ4v) is 4.94. The van der Waals surface area contributed by atoms with E-state index in [1.54, 1.807) is 48.7 Å². The van der Waals surface area contributed by atoms with Crippen molar-refractivity contribution in [2.75, 3.05) is 26.8 Å². The summed E-state index contributed by atoms with van der Waals surface area (Å²) in [4.78, 5) is 47.6. The zero-order valence-electron chi connectivity index (χ0n) is 22.0. The number of rotatable bonds is 6. The average molecular weight is 509 g/mol. The van der Waals surface area contributed by atoms with Gasteiger partial charge in [0.15, 0.2) is 0 Å². The van der Waals surface area contributed by atoms with Gasteiger partial charge >= 0.3 is 0 Å². The molecule has 2 fully saturated rings. The Morgan fingerprint density at radius 1 is 1.16 bits per heavy atom. The summed E-state index contributed by atoms with van der Waals surface area (Å²) < 4.78 is 11.6. The first-order valence-corrected chi connectivity index (χ1v) is 12.7. The van der Waals surface area contributed by atoms with E-state index in [0.29, 0.717) is 50.2 Å². The van der Waals surface area contributed by atoms with Gasteiger partial charge in [-0.05, 0) is 35.2 Å². The molecule has 9 heteroatoms. The smallest absolute Gasteiger partial charge is 0.257 e. The van der Waals surface area contributed by atoms with Crippen molar-refractivity contribution in [3.05, 3.63) is 59.9 Å². The molecule has 1 spiro atoms. The lowest BCUT2D eigenvalue weighted by Crippen LogP contribution is -2.59. The fourth-order valence-electron chi connectivity index (χ4n) is 4.94. The first-order valence-electron chi connectivity index (χ1n) is 12.7. The monoisotopic (exact) mass is 508 g/mol. The second-order valence-electron chi connectivity index (χ2n) is 10.9. The van der Waals surface area contributed by atoms with Crippen molar-refractivity contribution in [1.82, 2.24) is 20.1 Å². The van der Waals surface area contributed by atoms with Crippen LogP contribution in [0.5, 0.6) is 5.75 Å². The van der Waals surface area contributed by atoms with E-state index >= 15 is 0 Å². The quantitative estimate of drug-likeness (QED) is 0.644. The number of carbonyl (C=O) groups excluding carboxylic acids is 3. The van der Waals surface area contributed by atoms with Gasteiger partial charge in [-0.1, -0.05) is 32.9 Å². The molecule has 4 rings (SSSR count). The zero-order chi connectivity index (χ0) is 26.6. The number of methoxy groups -OCH3 is 1. The summed E-state index contributed by atoms with van der Waals surface area (Å²) in [6.45, 7) is 7.43. The Morgan fingerprint density at radius 3 is 2.57 bits per heavy atom. The van der Waals surface area contributed by atoms with Gasteiger partial charge in [0.1, 0.15) is 17.5 Å². The van der Waals surface area contributed by atoms with Crippen molar-refractivity contribution in [1.29, 1.82) is 0 Å². The largest absolute Gasteiger partial charge is 0.497 e. The van der Waals surface area contributed by atoms with Crippen LogP contribution in [0.1, 0.15) is 56.0 Å². The predicted molar refractivity (Wildman–Crippen MR) is 138 cm³/mol. The molecule has 0 bridgehead atoms. The van der Waals surface area contributed by atoms with Gasteiger partial charge in [0.05, 0.1) is 13.7 Å². The molecule has 9 nitrogen and oxygen atoms in total. The summed E-state index contributed by atoms with van der Waals surface area (Å²) in [5.74, 6) is 0.0626. The fraction of sp³-hybridized carbons (Fsp3) is 0.500. The second-order valence-corrected chi connectivity index (χ2v) is 10.9. The summed E-state index contributed by atoms with van der Waals surface area (Å²) in [6.07, 6.45) is 4.69. The van der Waals surface area contributed by atoms with Crippen molar-refractivity contribution >= 4 is 17.7 Å². The third kappa shape index (κ3) is 6.10. The number of ether oxygens (including phenoxy) is 2. The Kier molecular flexibility index (Phi) is 7.82. The van der Waals surface area contributed by atoms with Gasteiger partial charge in [-0.2, -0.15) is 0 Å². The maximum Gasteiger partial charge on any atom is 0.257 e. The van der Waals surface area contributed by atoms with Crippen molar-refractivity contribution in [2.24, 2.45) is 5.41 Å². The minimum atomic E-state index is -0.963. The maximum atomic E-state index is 13.9. The Bertz CT molecular complexity index is 1120. The van der Waals surface area contributed by atoms with E-state index in [1.165, 1.54) is 0 Å². The van der Waals surface area contributed by atoms with Crippen LogP contribution in [0.25, 0.3) is 0 Å². The molecule has 198 valence electrons. The zero-order valence-corrected chi connectivity index (χ0v) is 22.0. The minimum absolute atomic E-state index is 0.0878. The number of nitrogens with zero attached hydrogens (tertiary/aromatic N) is 3. The first-order chi connectivity index (χ1) is 17.6. The van der Waals surface area contributed by atoms with E-state index in [4.69, 9.17) is 9.47 Å². The molecule has 1 aromatic heterocycles. The van der Waals surface area contributed by atoms with Crippen molar-refractivity contribution < 1.29 is 23.9 Å². The molecule has 2 aliphatic rings. The third-order valence-corrected chi connectivity index (χ3v) is 6.87. The standard InChI is InChI=1S/C28H36N4O5/c1-27(2,3)16-24(33)31-13-10-28(11-14-31)32(26(35)21-8-5-9-22(15-21)36-4)23(19-37-28)25(34)30-18-20-7-6-12-29-17-20/h5-9,12,15,17,23H,10-11,13-14,16,18-19H2,1-4H3,(H,30,34)/t23-/m1/s1. The highest BCUT2D eigenvalue weighted by atomic mass is 16.5. The minimum Gasteiger partial charge on any atom is -0.497 e. The molecule has 2 saturated heterocycles. The Labute approximate surface area is 218 Å². The van der Waals surface area contributed by atoms with E-state index in [2.05, 4.69) is 10.3 Å². The van der Waals surface area contributed by atoms with Crippen LogP contribution < -0.4 is 10.1 Å². The molecule has 0 saturated carbocycles. The molecular formula is C28H36N4O5. The number of amides is 3. The van der Waals surface area contributed by atoms with Gasteiger partial charge in [-0.25, -0.2) is 0 Å². The lowest BCUT2D eigenvalue weighted by atomic mass is 9.90. The Balaban J connectivity index is 1.56. The van der Waals surface area contributed by atoms with Crippen LogP contribution in [0.4, 0.5) is 0 Å². The number of piperidine rings is 1. The molecule has 0 aliphatic carbocycles. The first kappa shape index (κ1) is 26.6. The number of hydrogen-bond acceptors (Lipinski definition) is 6. The van der Waals surface area contributed by atoms with Crippen LogP contribution in [0, 0.1) is 5.41 Å². The molecule has 2 aromatic rings. The van der Waals surface area contributed by atoms with Crippen LogP contribution in [0.3, 0.4) is 0 Å². The summed E-state index contributed by atoms with van der Waals surface area (Å²) in [7, 11) is 1.54. The molecule has 1 atom stereocenters. The SMILES string of the molecule is COc1cccc(C(=O)N2[C@@H](C(=O)NCc3cccnc3)COC23CCN(C(=O)CC(C)(C)C)CC3)c1. The van der Waals surface area contributed by atoms with Crippen molar-refractivity contribution in [2.45, 2.75) is 58.3 Å². The summed E-state index contributed by atoms with van der Waals surface area (Å²) in [6, 6.07) is 9.79. The van der Waals surface area contributed by atoms with Crippen LogP contribution in [-0.2, 0) is 20.9 Å². The van der Waals surface area contributed by atoms with E-state index in [0.717, 1.165) is 5.56 Å². The van der Waals surface area contributed by atoms with Crippen molar-refractivity contribution in [3.63, 3.8) is 0 Å². The highest BCUT2D eigenvalue weighted by molar-refractivity contribution is 5.98. The van der Waals surface area contributed by atoms with Crippen LogP contribution in [0.2, 0.25) is 0 Å². The molecule has 0 unspecified atom stereocenters. The number of hydrogen-bond donors (Lipinski definition) is 1. The Morgan fingerprint density at radius 2 is 1.92 bits per heavy atom. The molecule has 0 radical (unpaired) electrons. The predicted octanol–water partition coefficient (Wildman–Crippen LogP) is 3.00. The van der Waals surface area contributed by atoms with Gasteiger partial charge in [0, 0.05) is 56.9 Å². The van der Waals surface area contributed by atoms with Gasteiger partial charge in [-0.15, -0.1) is 0 Å². The topological polar surface area (TPSA) is 101 Å². The van der Waals surface area contributed by atoms with Gasteiger partial charge in [0.2, 0.25) is 11.8 Å². The molecule has 2 aliphatic heterocycles. The highest BCUT2D eigenvalue weighted by Crippen LogP contribution is 2.39. The summed E-state index contributed by atoms with van der Waals surface area (Å²) in [5.41, 5.74) is 0.206. The van der Waals surface area contributed by atoms with E-state index < -0.39 is 11.8 Å². The van der Waals surface area contributed by atoms with E-state index in [1.807, 2.05) is 37.8 Å². The van der Waals surface area contributed by atoms with Crippen LogP contribution in [0.15, 0.2) is 48.8 Å². The van der Waals surface area contributed by atoms with Gasteiger partial charge in [-0.3, -0.25) is 24.3 Å². The summed E-state index contributed by atoms with van der Waals surface area (Å²) in [5, 5.41) is 2.93. The number of aromatic nitrogens is 1. The lowest BCUT2D eigenvalue weighted by molar-refractivity contribution is -0.145. The maximum absolute atomic E-state index is 13.9. The lowest BCUT2D eigenvalue weighted by Gasteiger charge is -2.44. The van der Waals surface area contributed by atoms with Crippen molar-refractivity contribution in [3.8, 4) is 5.75 Å². The number of pyridine rings is 1. The Hall–Kier alpha value is -3.46. The van der Waals surface area contributed by atoms with Gasteiger partial charge in [0.25, 0.3) is 5.91 Å². The molecule has 37 heavy (non-hydrogen) atoms. The van der Waals surface area contributed by atoms with Gasteiger partial charge < -0.3 is 19.7 Å². The molecule has 3 heterocycles. The molecular weight excluding hydrogens is 472 g/mol. The van der Waals surface area contributed by atoms with E-state index in [-0.39, 0.29) is 29.7 Å². The number of benzene rings is 1. The van der Waals surface area contributed by atoms with E-state index in [9.17, 15) is 14.4 Å². The van der Waals surface area contributed by atoms with Crippen LogP contribution in [-0.4, -0.2) is 71.1 Å². The molecule has 1 aromatic carbocycles. The normalized spacial score (nSPS) is 19.1. The second kappa shape index (κ2) is 10.9. The molecule has 3 amide bonds. The molecule has 1 N–H and O–H groups in total. The highest BCUT2D eigenvalue weighted by Gasteiger charge is 2.54. The number of nitrogens with one attached hydrogen (secondary N) is 1. The summed E-state index contributed by atoms with van der Waals surface area (Å²) >= 11 is 0. The third-order valence-electron chi connectivity index (χ3n) is 6.87. The average Bonchev–Trinajstić information content (AvgIpc) is 3.25.